The molecule has 0 radical (unpaired) electrons. The van der Waals surface area contributed by atoms with Crippen LogP contribution in [-0.2, 0) is 0 Å². The molecule has 1 aliphatic carbocycles. The van der Waals surface area contributed by atoms with Crippen LogP contribution in [0.4, 0.5) is 0 Å². The van der Waals surface area contributed by atoms with Crippen molar-refractivity contribution in [2.75, 3.05) is 13.1 Å². The van der Waals surface area contributed by atoms with E-state index < -0.39 is 0 Å². The van der Waals surface area contributed by atoms with E-state index in [0.717, 1.165) is 25.4 Å². The molecule has 1 saturated heterocycles. The van der Waals surface area contributed by atoms with Crippen molar-refractivity contribution in [1.29, 1.82) is 0 Å². The summed E-state index contributed by atoms with van der Waals surface area (Å²) in [7, 11) is 0. The SMILES string of the molecule is C=C(NC1CN(C(=C)CC(C)(C)C)C1)C1CC1. The highest BCUT2D eigenvalue weighted by molar-refractivity contribution is 5.11. The average molecular weight is 234 g/mol. The van der Waals surface area contributed by atoms with E-state index in [9.17, 15) is 0 Å². The largest absolute Gasteiger partial charge is 0.382 e. The lowest BCUT2D eigenvalue weighted by Crippen LogP contribution is -2.57. The van der Waals surface area contributed by atoms with Crippen LogP contribution in [0.1, 0.15) is 40.0 Å². The molecule has 2 aliphatic rings. The minimum atomic E-state index is 0.340. The smallest absolute Gasteiger partial charge is 0.0608 e. The van der Waals surface area contributed by atoms with Crippen molar-refractivity contribution < 1.29 is 0 Å². The molecule has 1 aliphatic heterocycles. The van der Waals surface area contributed by atoms with Crippen LogP contribution in [0.25, 0.3) is 0 Å². The van der Waals surface area contributed by atoms with Crippen LogP contribution >= 0.6 is 0 Å². The maximum absolute atomic E-state index is 4.20. The van der Waals surface area contributed by atoms with Crippen molar-refractivity contribution in [2.45, 2.75) is 46.1 Å². The molecule has 0 amide bonds. The summed E-state index contributed by atoms with van der Waals surface area (Å²) in [6, 6.07) is 0.597. The van der Waals surface area contributed by atoms with E-state index in [1.807, 2.05) is 0 Å². The summed E-state index contributed by atoms with van der Waals surface area (Å²) in [5.41, 5.74) is 2.89. The summed E-state index contributed by atoms with van der Waals surface area (Å²) < 4.78 is 0. The number of nitrogens with zero attached hydrogens (tertiary/aromatic N) is 1. The molecule has 17 heavy (non-hydrogen) atoms. The number of rotatable bonds is 5. The van der Waals surface area contributed by atoms with Gasteiger partial charge in [0.1, 0.15) is 0 Å². The summed E-state index contributed by atoms with van der Waals surface area (Å²) in [4.78, 5) is 2.39. The van der Waals surface area contributed by atoms with Crippen LogP contribution in [-0.4, -0.2) is 24.0 Å². The summed E-state index contributed by atoms with van der Waals surface area (Å²) in [6.45, 7) is 17.3. The van der Waals surface area contributed by atoms with Gasteiger partial charge >= 0.3 is 0 Å². The molecule has 1 heterocycles. The zero-order chi connectivity index (χ0) is 12.6. The summed E-state index contributed by atoms with van der Waals surface area (Å²) in [6.07, 6.45) is 3.75. The standard InChI is InChI=1S/C15H26N2/c1-11(8-15(3,4)5)17-9-14(10-17)16-12(2)13-6-7-13/h13-14,16H,1-2,6-10H2,3-5H3. The van der Waals surface area contributed by atoms with Gasteiger partial charge in [-0.2, -0.15) is 0 Å². The van der Waals surface area contributed by atoms with Crippen LogP contribution in [0.15, 0.2) is 24.6 Å². The van der Waals surface area contributed by atoms with Crippen LogP contribution in [0, 0.1) is 11.3 Å². The van der Waals surface area contributed by atoms with Crippen LogP contribution in [0.3, 0.4) is 0 Å². The molecule has 2 fully saturated rings. The number of hydrogen-bond acceptors (Lipinski definition) is 2. The van der Waals surface area contributed by atoms with Crippen molar-refractivity contribution in [3.63, 3.8) is 0 Å². The lowest BCUT2D eigenvalue weighted by atomic mass is 9.89. The minimum absolute atomic E-state index is 0.340. The summed E-state index contributed by atoms with van der Waals surface area (Å²) in [5, 5.41) is 3.55. The Balaban J connectivity index is 1.67. The third kappa shape index (κ3) is 3.52. The summed E-state index contributed by atoms with van der Waals surface area (Å²) >= 11 is 0. The maximum atomic E-state index is 4.20. The third-order valence-corrected chi connectivity index (χ3v) is 3.52. The third-order valence-electron chi connectivity index (χ3n) is 3.52. The first-order valence-electron chi connectivity index (χ1n) is 6.73. The van der Waals surface area contributed by atoms with Crippen LogP contribution in [0.2, 0.25) is 0 Å². The van der Waals surface area contributed by atoms with Crippen molar-refractivity contribution in [2.24, 2.45) is 11.3 Å². The van der Waals surface area contributed by atoms with Gasteiger partial charge in [-0.05, 0) is 30.6 Å². The predicted molar refractivity (Wildman–Crippen MR) is 73.6 cm³/mol. The zero-order valence-electron chi connectivity index (χ0n) is 11.6. The van der Waals surface area contributed by atoms with Gasteiger partial charge in [-0.3, -0.25) is 0 Å². The van der Waals surface area contributed by atoms with Gasteiger partial charge in [0.05, 0.1) is 6.04 Å². The van der Waals surface area contributed by atoms with E-state index in [-0.39, 0.29) is 0 Å². The first-order chi connectivity index (χ1) is 7.85. The van der Waals surface area contributed by atoms with Crippen molar-refractivity contribution in [3.8, 4) is 0 Å². The molecule has 0 aromatic heterocycles. The first kappa shape index (κ1) is 12.5. The second-order valence-electron chi connectivity index (χ2n) is 6.85. The maximum Gasteiger partial charge on any atom is 0.0608 e. The second-order valence-corrected chi connectivity index (χ2v) is 6.85. The van der Waals surface area contributed by atoms with E-state index in [1.54, 1.807) is 0 Å². The van der Waals surface area contributed by atoms with Gasteiger partial charge < -0.3 is 10.2 Å². The van der Waals surface area contributed by atoms with Crippen molar-refractivity contribution >= 4 is 0 Å². The fourth-order valence-corrected chi connectivity index (χ4v) is 2.36. The average Bonchev–Trinajstić information content (AvgIpc) is 2.88. The van der Waals surface area contributed by atoms with Crippen molar-refractivity contribution in [1.82, 2.24) is 10.2 Å². The molecule has 0 spiro atoms. The monoisotopic (exact) mass is 234 g/mol. The highest BCUT2D eigenvalue weighted by Gasteiger charge is 2.32. The quantitative estimate of drug-likeness (QED) is 0.786. The van der Waals surface area contributed by atoms with E-state index in [0.29, 0.717) is 11.5 Å². The van der Waals surface area contributed by atoms with Gasteiger partial charge in [0.25, 0.3) is 0 Å². The minimum Gasteiger partial charge on any atom is -0.382 e. The Hall–Kier alpha value is -0.920. The normalized spacial score (nSPS) is 21.0. The molecule has 2 rings (SSSR count). The van der Waals surface area contributed by atoms with Gasteiger partial charge in [-0.1, -0.05) is 33.9 Å². The lowest BCUT2D eigenvalue weighted by Gasteiger charge is -2.44. The highest BCUT2D eigenvalue weighted by Crippen LogP contribution is 2.35. The van der Waals surface area contributed by atoms with Gasteiger partial charge in [-0.15, -0.1) is 0 Å². The Labute approximate surface area is 106 Å². The Morgan fingerprint density at radius 3 is 2.29 bits per heavy atom. The molecule has 96 valence electrons. The van der Waals surface area contributed by atoms with Crippen molar-refractivity contribution in [3.05, 3.63) is 24.6 Å². The molecule has 0 unspecified atom stereocenters. The van der Waals surface area contributed by atoms with Gasteiger partial charge in [0.2, 0.25) is 0 Å². The molecule has 2 heteroatoms. The number of hydrogen-bond donors (Lipinski definition) is 1. The molecule has 1 saturated carbocycles. The molecule has 0 aromatic rings. The zero-order valence-corrected chi connectivity index (χ0v) is 11.6. The number of allylic oxidation sites excluding steroid dienone is 2. The Bertz CT molecular complexity index is 314. The molecule has 0 bridgehead atoms. The van der Waals surface area contributed by atoms with E-state index in [1.165, 1.54) is 24.2 Å². The molecular weight excluding hydrogens is 208 g/mol. The lowest BCUT2D eigenvalue weighted by molar-refractivity contribution is 0.161. The fraction of sp³-hybridized carbons (Fsp3) is 0.733. The molecule has 1 N–H and O–H groups in total. The fourth-order valence-electron chi connectivity index (χ4n) is 2.36. The van der Waals surface area contributed by atoms with Gasteiger partial charge in [0.15, 0.2) is 0 Å². The van der Waals surface area contributed by atoms with E-state index in [2.05, 4.69) is 44.1 Å². The molecule has 2 nitrogen and oxygen atoms in total. The van der Waals surface area contributed by atoms with Crippen LogP contribution in [0.5, 0.6) is 0 Å². The van der Waals surface area contributed by atoms with E-state index >= 15 is 0 Å². The molecule has 0 aromatic carbocycles. The molecular formula is C15H26N2. The topological polar surface area (TPSA) is 15.3 Å². The van der Waals surface area contributed by atoms with Gasteiger partial charge in [0, 0.05) is 24.5 Å². The Morgan fingerprint density at radius 2 is 1.82 bits per heavy atom. The Morgan fingerprint density at radius 1 is 1.24 bits per heavy atom. The Kier molecular flexibility index (Phi) is 3.24. The van der Waals surface area contributed by atoms with E-state index in [4.69, 9.17) is 0 Å². The number of nitrogens with one attached hydrogen (secondary N) is 1. The highest BCUT2D eigenvalue weighted by atomic mass is 15.3. The molecule has 0 atom stereocenters. The number of likely N-dealkylation sites (tertiary alicyclic amines) is 1. The first-order valence-corrected chi connectivity index (χ1v) is 6.73. The second kappa shape index (κ2) is 4.40. The van der Waals surface area contributed by atoms with Crippen LogP contribution < -0.4 is 5.32 Å². The predicted octanol–water partition coefficient (Wildman–Crippen LogP) is 3.13. The summed E-state index contributed by atoms with van der Waals surface area (Å²) in [5.74, 6) is 0.766. The van der Waals surface area contributed by atoms with Gasteiger partial charge in [-0.25, -0.2) is 0 Å².